The van der Waals surface area contributed by atoms with Crippen molar-refractivity contribution in [3.63, 3.8) is 0 Å². The predicted octanol–water partition coefficient (Wildman–Crippen LogP) is 2.30. The van der Waals surface area contributed by atoms with Gasteiger partial charge in [0.25, 0.3) is 0 Å². The van der Waals surface area contributed by atoms with Crippen LogP contribution in [0.15, 0.2) is 22.6 Å². The second-order valence-corrected chi connectivity index (χ2v) is 4.84. The van der Waals surface area contributed by atoms with Gasteiger partial charge in [-0.25, -0.2) is 4.98 Å². The van der Waals surface area contributed by atoms with Gasteiger partial charge in [0.1, 0.15) is 11.9 Å². The maximum Gasteiger partial charge on any atom is 0.231 e. The number of rotatable bonds is 2. The van der Waals surface area contributed by atoms with Crippen LogP contribution in [0.25, 0.3) is 11.1 Å². The average molecular weight is 244 g/mol. The Morgan fingerprint density at radius 3 is 2.94 bits per heavy atom. The first-order chi connectivity index (χ1) is 8.72. The number of hydrogen-bond donors (Lipinski definition) is 0. The third kappa shape index (κ3) is 2.10. The van der Waals surface area contributed by atoms with Crippen LogP contribution >= 0.6 is 0 Å². The Labute approximate surface area is 106 Å². The first-order valence-electron chi connectivity index (χ1n) is 6.36. The smallest absolute Gasteiger partial charge is 0.231 e. The molecule has 0 saturated carbocycles. The number of carbonyl (C=O) groups is 1. The second kappa shape index (κ2) is 4.44. The molecule has 2 aromatic rings. The maximum absolute atomic E-state index is 12.0. The van der Waals surface area contributed by atoms with Crippen molar-refractivity contribution in [3.05, 3.63) is 29.7 Å². The summed E-state index contributed by atoms with van der Waals surface area (Å²) in [7, 11) is 0. The Hall–Kier alpha value is -1.84. The van der Waals surface area contributed by atoms with Gasteiger partial charge in [-0.15, -0.1) is 0 Å². The first-order valence-corrected chi connectivity index (χ1v) is 6.36. The van der Waals surface area contributed by atoms with Crippen LogP contribution in [0, 0.1) is 6.92 Å². The standard InChI is InChI=1S/C14H16N2O2/c1-10-4-5-12-11(8-10)15-13(18-12)9-14(17)16-6-2-3-7-16/h4-5,8H,2-3,6-7,9H2,1H3. The molecule has 0 unspecified atom stereocenters. The molecule has 4 nitrogen and oxygen atoms in total. The Bertz CT molecular complexity index is 582. The minimum atomic E-state index is 0.121. The van der Waals surface area contributed by atoms with Crippen molar-refractivity contribution >= 4 is 17.0 Å². The molecule has 1 amide bonds. The van der Waals surface area contributed by atoms with E-state index < -0.39 is 0 Å². The van der Waals surface area contributed by atoms with Crippen molar-refractivity contribution in [1.29, 1.82) is 0 Å². The zero-order valence-electron chi connectivity index (χ0n) is 10.5. The van der Waals surface area contributed by atoms with Crippen LogP contribution in [0.2, 0.25) is 0 Å². The molecule has 1 aromatic heterocycles. The first kappa shape index (κ1) is 11.3. The van der Waals surface area contributed by atoms with E-state index in [1.807, 2.05) is 30.0 Å². The number of aryl methyl sites for hydroxylation is 1. The molecular formula is C14H16N2O2. The lowest BCUT2D eigenvalue weighted by Gasteiger charge is -2.13. The topological polar surface area (TPSA) is 46.3 Å². The number of nitrogens with zero attached hydrogens (tertiary/aromatic N) is 2. The van der Waals surface area contributed by atoms with E-state index in [-0.39, 0.29) is 12.3 Å². The molecule has 1 aromatic carbocycles. The van der Waals surface area contributed by atoms with Crippen LogP contribution in [-0.2, 0) is 11.2 Å². The Balaban J connectivity index is 1.79. The quantitative estimate of drug-likeness (QED) is 0.814. The summed E-state index contributed by atoms with van der Waals surface area (Å²) >= 11 is 0. The predicted molar refractivity (Wildman–Crippen MR) is 68.3 cm³/mol. The molecule has 18 heavy (non-hydrogen) atoms. The summed E-state index contributed by atoms with van der Waals surface area (Å²) in [5, 5.41) is 0. The fourth-order valence-electron chi connectivity index (χ4n) is 2.37. The van der Waals surface area contributed by atoms with E-state index in [1.54, 1.807) is 0 Å². The molecule has 2 heterocycles. The lowest BCUT2D eigenvalue weighted by Crippen LogP contribution is -2.29. The maximum atomic E-state index is 12.0. The molecule has 0 atom stereocenters. The molecule has 1 aliphatic rings. The molecule has 0 aliphatic carbocycles. The van der Waals surface area contributed by atoms with Gasteiger partial charge in [0.05, 0.1) is 0 Å². The van der Waals surface area contributed by atoms with Gasteiger partial charge in [-0.3, -0.25) is 4.79 Å². The molecule has 0 N–H and O–H groups in total. The van der Waals surface area contributed by atoms with Crippen LogP contribution in [0.1, 0.15) is 24.3 Å². The largest absolute Gasteiger partial charge is 0.440 e. The summed E-state index contributed by atoms with van der Waals surface area (Å²) in [6, 6.07) is 5.86. The highest BCUT2D eigenvalue weighted by molar-refractivity contribution is 5.79. The van der Waals surface area contributed by atoms with Gasteiger partial charge < -0.3 is 9.32 Å². The van der Waals surface area contributed by atoms with Crippen LogP contribution in [0.5, 0.6) is 0 Å². The number of carbonyl (C=O) groups excluding carboxylic acids is 1. The summed E-state index contributed by atoms with van der Waals surface area (Å²) < 4.78 is 5.59. The molecule has 0 bridgehead atoms. The van der Waals surface area contributed by atoms with E-state index in [2.05, 4.69) is 4.98 Å². The number of aromatic nitrogens is 1. The average Bonchev–Trinajstić information content (AvgIpc) is 2.95. The minimum absolute atomic E-state index is 0.121. The van der Waals surface area contributed by atoms with Crippen molar-refractivity contribution in [2.45, 2.75) is 26.2 Å². The minimum Gasteiger partial charge on any atom is -0.440 e. The van der Waals surface area contributed by atoms with Crippen molar-refractivity contribution < 1.29 is 9.21 Å². The van der Waals surface area contributed by atoms with Gasteiger partial charge in [-0.2, -0.15) is 0 Å². The zero-order chi connectivity index (χ0) is 12.5. The summed E-state index contributed by atoms with van der Waals surface area (Å²) in [6.45, 7) is 3.76. The number of oxazole rings is 1. The lowest BCUT2D eigenvalue weighted by atomic mass is 10.2. The van der Waals surface area contributed by atoms with E-state index in [4.69, 9.17) is 4.42 Å². The molecule has 1 aliphatic heterocycles. The lowest BCUT2D eigenvalue weighted by molar-refractivity contribution is -0.129. The van der Waals surface area contributed by atoms with E-state index in [0.717, 1.165) is 42.6 Å². The molecular weight excluding hydrogens is 228 g/mol. The van der Waals surface area contributed by atoms with Crippen LogP contribution in [0.4, 0.5) is 0 Å². The Morgan fingerprint density at radius 1 is 1.39 bits per heavy atom. The van der Waals surface area contributed by atoms with Gasteiger partial charge in [-0.1, -0.05) is 6.07 Å². The van der Waals surface area contributed by atoms with Crippen molar-refractivity contribution in [2.75, 3.05) is 13.1 Å². The fourth-order valence-corrected chi connectivity index (χ4v) is 2.37. The van der Waals surface area contributed by atoms with Crippen LogP contribution in [-0.4, -0.2) is 28.9 Å². The summed E-state index contributed by atoms with van der Waals surface area (Å²) in [5.74, 6) is 0.642. The monoisotopic (exact) mass is 244 g/mol. The Morgan fingerprint density at radius 2 is 2.17 bits per heavy atom. The number of benzene rings is 1. The van der Waals surface area contributed by atoms with Gasteiger partial charge >= 0.3 is 0 Å². The second-order valence-electron chi connectivity index (χ2n) is 4.84. The molecule has 94 valence electrons. The molecule has 1 saturated heterocycles. The zero-order valence-corrected chi connectivity index (χ0v) is 10.5. The molecule has 3 rings (SSSR count). The highest BCUT2D eigenvalue weighted by atomic mass is 16.3. The summed E-state index contributed by atoms with van der Waals surface area (Å²) in [6.07, 6.45) is 2.49. The SMILES string of the molecule is Cc1ccc2oc(CC(=O)N3CCCC3)nc2c1. The summed E-state index contributed by atoms with van der Waals surface area (Å²) in [4.78, 5) is 18.2. The summed E-state index contributed by atoms with van der Waals surface area (Å²) in [5.41, 5.74) is 2.73. The molecule has 0 radical (unpaired) electrons. The molecule has 0 spiro atoms. The molecule has 1 fully saturated rings. The Kier molecular flexibility index (Phi) is 2.78. The van der Waals surface area contributed by atoms with Gasteiger partial charge in [0.2, 0.25) is 11.8 Å². The highest BCUT2D eigenvalue weighted by Crippen LogP contribution is 2.18. The fraction of sp³-hybridized carbons (Fsp3) is 0.429. The van der Waals surface area contributed by atoms with Crippen LogP contribution < -0.4 is 0 Å². The normalized spacial score (nSPS) is 15.5. The van der Waals surface area contributed by atoms with E-state index in [1.165, 1.54) is 0 Å². The van der Waals surface area contributed by atoms with E-state index in [0.29, 0.717) is 5.89 Å². The van der Waals surface area contributed by atoms with Crippen molar-refractivity contribution in [3.8, 4) is 0 Å². The van der Waals surface area contributed by atoms with Gasteiger partial charge in [-0.05, 0) is 37.5 Å². The van der Waals surface area contributed by atoms with Crippen molar-refractivity contribution in [1.82, 2.24) is 9.88 Å². The number of likely N-dealkylation sites (tertiary alicyclic amines) is 1. The molecule has 4 heteroatoms. The number of amides is 1. The van der Waals surface area contributed by atoms with Crippen LogP contribution in [0.3, 0.4) is 0 Å². The van der Waals surface area contributed by atoms with E-state index in [9.17, 15) is 4.79 Å². The number of hydrogen-bond acceptors (Lipinski definition) is 3. The highest BCUT2D eigenvalue weighted by Gasteiger charge is 2.20. The van der Waals surface area contributed by atoms with Gasteiger partial charge in [0, 0.05) is 13.1 Å². The van der Waals surface area contributed by atoms with E-state index >= 15 is 0 Å². The number of fused-ring (bicyclic) bond motifs is 1. The third-order valence-corrected chi connectivity index (χ3v) is 3.35. The third-order valence-electron chi connectivity index (χ3n) is 3.35. The van der Waals surface area contributed by atoms with Crippen molar-refractivity contribution in [2.24, 2.45) is 0 Å². The van der Waals surface area contributed by atoms with Gasteiger partial charge in [0.15, 0.2) is 5.58 Å².